The van der Waals surface area contributed by atoms with Gasteiger partial charge in [0.05, 0.1) is 12.0 Å². The summed E-state index contributed by atoms with van der Waals surface area (Å²) in [6.07, 6.45) is -0.420. The Kier molecular flexibility index (Phi) is 7.56. The Bertz CT molecular complexity index is 1220. The molecule has 3 N–H and O–H groups in total. The zero-order valence-electron chi connectivity index (χ0n) is 18.7. The Balaban J connectivity index is 2.59. The van der Waals surface area contributed by atoms with E-state index in [-0.39, 0.29) is 28.0 Å². The first-order valence-corrected chi connectivity index (χ1v) is 12.2. The van der Waals surface area contributed by atoms with Crippen LogP contribution in [0.15, 0.2) is 14.6 Å². The molecule has 174 valence electrons. The maximum Gasteiger partial charge on any atom is 0.259 e. The quantitative estimate of drug-likeness (QED) is 0.634. The van der Waals surface area contributed by atoms with Gasteiger partial charge in [-0.15, -0.1) is 15.7 Å². The molecule has 7 nitrogen and oxygen atoms in total. The van der Waals surface area contributed by atoms with Gasteiger partial charge in [0.15, 0.2) is 14.1 Å². The second-order valence-electron chi connectivity index (χ2n) is 8.53. The molecule has 0 radical (unpaired) electrons. The van der Waals surface area contributed by atoms with Gasteiger partial charge in [0, 0.05) is 0 Å². The molecule has 0 saturated carbocycles. The van der Waals surface area contributed by atoms with Gasteiger partial charge < -0.3 is 5.11 Å². The largest absolute Gasteiger partial charge is 0.383 e. The van der Waals surface area contributed by atoms with Crippen molar-refractivity contribution in [1.29, 1.82) is 5.26 Å². The predicted molar refractivity (Wildman–Crippen MR) is 118 cm³/mol. The van der Waals surface area contributed by atoms with Crippen molar-refractivity contribution >= 4 is 27.2 Å². The monoisotopic (exact) mass is 484 g/mol. The minimum Gasteiger partial charge on any atom is -0.383 e. The fourth-order valence-electron chi connectivity index (χ4n) is 3.24. The molecule has 32 heavy (non-hydrogen) atoms. The lowest BCUT2D eigenvalue weighted by atomic mass is 9.85. The van der Waals surface area contributed by atoms with Crippen LogP contribution in [0.5, 0.6) is 0 Å². The molecule has 2 aromatic rings. The van der Waals surface area contributed by atoms with Crippen LogP contribution < -0.4 is 5.14 Å². The average molecular weight is 485 g/mol. The number of halogens is 2. The van der Waals surface area contributed by atoms with E-state index in [0.29, 0.717) is 22.5 Å². The Hall–Kier alpha value is -2.26. The highest BCUT2D eigenvalue weighted by Crippen LogP contribution is 2.34. The van der Waals surface area contributed by atoms with E-state index in [1.54, 1.807) is 13.8 Å². The Morgan fingerprint density at radius 1 is 1.34 bits per heavy atom. The first-order valence-electron chi connectivity index (χ1n) is 9.82. The molecule has 0 spiro atoms. The molecule has 0 aliphatic carbocycles. The molecule has 0 bridgehead atoms. The van der Waals surface area contributed by atoms with Gasteiger partial charge in [0.2, 0.25) is 5.95 Å². The van der Waals surface area contributed by atoms with Gasteiger partial charge in [0.25, 0.3) is 5.91 Å². The number of benzene rings is 1. The second kappa shape index (κ2) is 9.31. The summed E-state index contributed by atoms with van der Waals surface area (Å²) in [5, 5.41) is 24.9. The number of hydrogen-bond donors (Lipinski definition) is 2. The van der Waals surface area contributed by atoms with Gasteiger partial charge >= 0.3 is 0 Å². The minimum atomic E-state index is -3.99. The van der Waals surface area contributed by atoms with Crippen molar-refractivity contribution in [2.45, 2.75) is 69.6 Å². The SMILES string of the molecule is CC(C)c1cc(C#N)c(F)c(C(C)C)c1CC(=O)N=S(N)(=O)c1sc(C(C)(C)O)nc1F. The molecule has 0 saturated heterocycles. The number of aromatic nitrogens is 1. The van der Waals surface area contributed by atoms with Crippen molar-refractivity contribution in [3.05, 3.63) is 45.1 Å². The summed E-state index contributed by atoms with van der Waals surface area (Å²) in [5.41, 5.74) is -0.488. The summed E-state index contributed by atoms with van der Waals surface area (Å²) >= 11 is 0.567. The molecule has 11 heteroatoms. The number of hydrogen-bond acceptors (Lipinski definition) is 6. The molecule has 0 aliphatic rings. The van der Waals surface area contributed by atoms with Crippen LogP contribution in [0.4, 0.5) is 8.78 Å². The van der Waals surface area contributed by atoms with Crippen LogP contribution >= 0.6 is 11.3 Å². The molecular weight excluding hydrogens is 458 g/mol. The van der Waals surface area contributed by atoms with Crippen molar-refractivity contribution < 1.29 is 22.9 Å². The first-order chi connectivity index (χ1) is 14.6. The third-order valence-electron chi connectivity index (χ3n) is 4.68. The molecule has 1 aromatic carbocycles. The lowest BCUT2D eigenvalue weighted by Gasteiger charge is -2.20. The Morgan fingerprint density at radius 3 is 2.38 bits per heavy atom. The van der Waals surface area contributed by atoms with Crippen molar-refractivity contribution in [2.24, 2.45) is 9.50 Å². The van der Waals surface area contributed by atoms with E-state index in [9.17, 15) is 28.2 Å². The lowest BCUT2D eigenvalue weighted by Crippen LogP contribution is -2.17. The van der Waals surface area contributed by atoms with E-state index in [1.165, 1.54) is 19.9 Å². The molecule has 0 aliphatic heterocycles. The summed E-state index contributed by atoms with van der Waals surface area (Å²) in [6.45, 7) is 9.87. The van der Waals surface area contributed by atoms with Crippen LogP contribution in [0.1, 0.15) is 80.6 Å². The maximum absolute atomic E-state index is 14.9. The van der Waals surface area contributed by atoms with Crippen LogP contribution in [-0.2, 0) is 26.7 Å². The zero-order chi connectivity index (χ0) is 24.6. The van der Waals surface area contributed by atoms with Gasteiger partial charge in [-0.05, 0) is 48.4 Å². The van der Waals surface area contributed by atoms with E-state index in [2.05, 4.69) is 9.35 Å². The molecule has 1 atom stereocenters. The van der Waals surface area contributed by atoms with Crippen molar-refractivity contribution in [3.63, 3.8) is 0 Å². The van der Waals surface area contributed by atoms with Crippen molar-refractivity contribution in [1.82, 2.24) is 4.98 Å². The number of nitrogens with zero attached hydrogens (tertiary/aromatic N) is 3. The number of amides is 1. The Morgan fingerprint density at radius 2 is 1.94 bits per heavy atom. The first kappa shape index (κ1) is 26.0. The third-order valence-corrected chi connectivity index (χ3v) is 7.96. The van der Waals surface area contributed by atoms with Gasteiger partial charge in [-0.1, -0.05) is 27.7 Å². The Labute approximate surface area is 190 Å². The van der Waals surface area contributed by atoms with E-state index in [0.717, 1.165) is 0 Å². The van der Waals surface area contributed by atoms with Crippen LogP contribution in [-0.4, -0.2) is 20.2 Å². The van der Waals surface area contributed by atoms with Crippen LogP contribution in [0, 0.1) is 23.1 Å². The summed E-state index contributed by atoms with van der Waals surface area (Å²) in [5.74, 6) is -3.31. The molecule has 2 rings (SSSR count). The standard InChI is InChI=1S/C21H26F2N4O3S2/c1-10(2)13-7-12(9-24)17(22)16(11(3)4)14(13)8-15(28)27-32(25,30)19-18(23)26-20(31-19)21(5,6)29/h7,10-11,29H,8H2,1-6H3,(H2,25,27,28,30). The molecule has 0 fully saturated rings. The molecule has 1 heterocycles. The summed E-state index contributed by atoms with van der Waals surface area (Å²) in [7, 11) is -3.99. The van der Waals surface area contributed by atoms with Gasteiger partial charge in [-0.3, -0.25) is 4.79 Å². The predicted octanol–water partition coefficient (Wildman–Crippen LogP) is 4.24. The van der Waals surface area contributed by atoms with Crippen LogP contribution in [0.2, 0.25) is 0 Å². The zero-order valence-corrected chi connectivity index (χ0v) is 20.3. The molecular formula is C21H26F2N4O3S2. The van der Waals surface area contributed by atoms with E-state index in [1.807, 2.05) is 19.9 Å². The second-order valence-corrected chi connectivity index (χ2v) is 11.5. The topological polar surface area (TPSA) is 129 Å². The van der Waals surface area contributed by atoms with Crippen molar-refractivity contribution in [2.75, 3.05) is 0 Å². The third kappa shape index (κ3) is 5.38. The van der Waals surface area contributed by atoms with E-state index < -0.39 is 43.8 Å². The van der Waals surface area contributed by atoms with Crippen LogP contribution in [0.25, 0.3) is 0 Å². The number of nitrogens with two attached hydrogens (primary N) is 1. The fourth-order valence-corrected chi connectivity index (χ4v) is 5.48. The molecule has 1 aromatic heterocycles. The smallest absolute Gasteiger partial charge is 0.259 e. The molecule has 1 unspecified atom stereocenters. The van der Waals surface area contributed by atoms with Gasteiger partial charge in [-0.25, -0.2) is 18.7 Å². The highest BCUT2D eigenvalue weighted by Gasteiger charge is 2.29. The number of nitriles is 1. The lowest BCUT2D eigenvalue weighted by molar-refractivity contribution is -0.117. The summed E-state index contributed by atoms with van der Waals surface area (Å²) < 4.78 is 45.0. The number of carbonyl (C=O) groups is 1. The van der Waals surface area contributed by atoms with Crippen molar-refractivity contribution in [3.8, 4) is 6.07 Å². The summed E-state index contributed by atoms with van der Waals surface area (Å²) in [6, 6.07) is 3.23. The summed E-state index contributed by atoms with van der Waals surface area (Å²) in [4.78, 5) is 16.3. The number of rotatable bonds is 6. The maximum atomic E-state index is 14.9. The highest BCUT2D eigenvalue weighted by molar-refractivity contribution is 7.93. The minimum absolute atomic E-state index is 0.0656. The normalized spacial score (nSPS) is 13.8. The van der Waals surface area contributed by atoms with E-state index >= 15 is 0 Å². The number of thiazole rings is 1. The number of aliphatic hydroxyl groups is 1. The molecule has 1 amide bonds. The van der Waals surface area contributed by atoms with Gasteiger partial charge in [0.1, 0.15) is 22.5 Å². The highest BCUT2D eigenvalue weighted by atomic mass is 32.2. The van der Waals surface area contributed by atoms with Gasteiger partial charge in [-0.2, -0.15) is 9.65 Å². The van der Waals surface area contributed by atoms with Crippen LogP contribution in [0.3, 0.4) is 0 Å². The average Bonchev–Trinajstić information content (AvgIpc) is 3.04. The number of carbonyl (C=O) groups excluding carboxylic acids is 1. The van der Waals surface area contributed by atoms with E-state index in [4.69, 9.17) is 5.14 Å². The fraction of sp³-hybridized carbons (Fsp3) is 0.476.